The fraction of sp³-hybridized carbons (Fsp3) is 0.278. The predicted molar refractivity (Wildman–Crippen MR) is 91.8 cm³/mol. The number of hydrogen-bond donors (Lipinski definition) is 1. The van der Waals surface area contributed by atoms with Crippen molar-refractivity contribution in [3.8, 4) is 0 Å². The second kappa shape index (κ2) is 6.05. The third-order valence-corrected chi connectivity index (χ3v) is 4.35. The third-order valence-electron chi connectivity index (χ3n) is 4.35. The monoisotopic (exact) mass is 321 g/mol. The van der Waals surface area contributed by atoms with E-state index in [0.717, 1.165) is 31.7 Å². The highest BCUT2D eigenvalue weighted by Gasteiger charge is 2.22. The summed E-state index contributed by atoms with van der Waals surface area (Å²) in [7, 11) is 0. The van der Waals surface area contributed by atoms with Crippen LogP contribution in [0.4, 0.5) is 5.69 Å². The van der Waals surface area contributed by atoms with Gasteiger partial charge in [-0.1, -0.05) is 19.1 Å². The van der Waals surface area contributed by atoms with Crippen LogP contribution in [-0.2, 0) is 13.1 Å². The van der Waals surface area contributed by atoms with Crippen LogP contribution in [0.25, 0.3) is 5.65 Å². The highest BCUT2D eigenvalue weighted by atomic mass is 16.2. The van der Waals surface area contributed by atoms with Crippen molar-refractivity contribution in [1.82, 2.24) is 19.5 Å². The molecule has 1 aromatic carbocycles. The van der Waals surface area contributed by atoms with Crippen LogP contribution < -0.4 is 5.32 Å². The summed E-state index contributed by atoms with van der Waals surface area (Å²) in [5.41, 5.74) is 4.47. The van der Waals surface area contributed by atoms with Crippen LogP contribution in [0.2, 0.25) is 0 Å². The maximum atomic E-state index is 12.7. The van der Waals surface area contributed by atoms with Crippen LogP contribution in [0.1, 0.15) is 35.0 Å². The van der Waals surface area contributed by atoms with Gasteiger partial charge in [-0.05, 0) is 42.3 Å². The molecule has 0 unspecified atom stereocenters. The molecular formula is C18H19N5O. The Morgan fingerprint density at radius 2 is 2.17 bits per heavy atom. The van der Waals surface area contributed by atoms with E-state index in [4.69, 9.17) is 0 Å². The minimum absolute atomic E-state index is 0.191. The van der Waals surface area contributed by atoms with E-state index in [1.165, 1.54) is 11.1 Å². The van der Waals surface area contributed by atoms with E-state index in [1.807, 2.05) is 18.2 Å². The van der Waals surface area contributed by atoms with E-state index in [9.17, 15) is 4.79 Å². The summed E-state index contributed by atoms with van der Waals surface area (Å²) in [4.78, 5) is 19.3. The average molecular weight is 321 g/mol. The van der Waals surface area contributed by atoms with Crippen LogP contribution >= 0.6 is 0 Å². The Kier molecular flexibility index (Phi) is 3.74. The Morgan fingerprint density at radius 1 is 1.25 bits per heavy atom. The molecule has 122 valence electrons. The lowest BCUT2D eigenvalue weighted by Gasteiger charge is -2.13. The molecule has 3 aromatic rings. The average Bonchev–Trinajstić information content (AvgIpc) is 3.19. The van der Waals surface area contributed by atoms with Gasteiger partial charge in [0.2, 0.25) is 0 Å². The molecule has 0 bridgehead atoms. The molecule has 0 fully saturated rings. The van der Waals surface area contributed by atoms with E-state index in [0.29, 0.717) is 11.3 Å². The summed E-state index contributed by atoms with van der Waals surface area (Å²) in [5, 5.41) is 7.23. The number of aromatic nitrogens is 3. The highest BCUT2D eigenvalue weighted by Crippen LogP contribution is 2.29. The summed E-state index contributed by atoms with van der Waals surface area (Å²) in [6, 6.07) is 9.72. The fourth-order valence-electron chi connectivity index (χ4n) is 3.25. The van der Waals surface area contributed by atoms with Crippen LogP contribution in [0.3, 0.4) is 0 Å². The molecule has 0 radical (unpaired) electrons. The molecule has 0 atom stereocenters. The second-order valence-corrected chi connectivity index (χ2v) is 6.05. The van der Waals surface area contributed by atoms with Gasteiger partial charge in [0.05, 0.1) is 6.20 Å². The van der Waals surface area contributed by atoms with Crippen molar-refractivity contribution in [3.05, 3.63) is 59.5 Å². The molecule has 1 aliphatic heterocycles. The number of carbonyl (C=O) groups is 1. The number of imidazole rings is 1. The molecule has 6 nitrogen and oxygen atoms in total. The van der Waals surface area contributed by atoms with Gasteiger partial charge in [0.15, 0.2) is 11.3 Å². The standard InChI is InChI=1S/C18H19N5O/c1-2-9-22-11-13-5-3-6-15(14(13)12-22)21-18(24)16-10-19-17-7-4-8-20-23(16)17/h3-8,10H,2,9,11-12H2,1H3,(H,21,24). The molecule has 24 heavy (non-hydrogen) atoms. The lowest BCUT2D eigenvalue weighted by Crippen LogP contribution is -2.18. The van der Waals surface area contributed by atoms with Crippen molar-refractivity contribution in [2.24, 2.45) is 0 Å². The topological polar surface area (TPSA) is 62.5 Å². The van der Waals surface area contributed by atoms with Crippen LogP contribution in [0.5, 0.6) is 0 Å². The number of fused-ring (bicyclic) bond motifs is 2. The van der Waals surface area contributed by atoms with Gasteiger partial charge < -0.3 is 5.32 Å². The lowest BCUT2D eigenvalue weighted by molar-refractivity contribution is 0.102. The molecule has 1 amide bonds. The number of hydrogen-bond acceptors (Lipinski definition) is 4. The molecule has 0 spiro atoms. The Hall–Kier alpha value is -2.73. The zero-order valence-corrected chi connectivity index (χ0v) is 13.6. The Balaban J connectivity index is 1.61. The summed E-state index contributed by atoms with van der Waals surface area (Å²) in [6.07, 6.45) is 4.34. The van der Waals surface area contributed by atoms with Crippen LogP contribution in [-0.4, -0.2) is 31.9 Å². The summed E-state index contributed by atoms with van der Waals surface area (Å²) in [6.45, 7) is 5.08. The summed E-state index contributed by atoms with van der Waals surface area (Å²) < 4.78 is 1.56. The minimum Gasteiger partial charge on any atom is -0.320 e. The van der Waals surface area contributed by atoms with Gasteiger partial charge in [-0.25, -0.2) is 9.50 Å². The molecular weight excluding hydrogens is 302 g/mol. The quantitative estimate of drug-likeness (QED) is 0.802. The first-order valence-corrected chi connectivity index (χ1v) is 8.19. The second-order valence-electron chi connectivity index (χ2n) is 6.05. The zero-order chi connectivity index (χ0) is 16.5. The molecule has 1 aliphatic rings. The van der Waals surface area contributed by atoms with Crippen molar-refractivity contribution in [2.45, 2.75) is 26.4 Å². The molecule has 1 N–H and O–H groups in total. The first-order chi connectivity index (χ1) is 11.8. The van der Waals surface area contributed by atoms with Gasteiger partial charge in [0.1, 0.15) is 0 Å². The normalized spacial score (nSPS) is 14.0. The van der Waals surface area contributed by atoms with Crippen molar-refractivity contribution >= 4 is 17.2 Å². The van der Waals surface area contributed by atoms with Gasteiger partial charge in [-0.15, -0.1) is 0 Å². The van der Waals surface area contributed by atoms with Gasteiger partial charge in [-0.2, -0.15) is 5.10 Å². The van der Waals surface area contributed by atoms with Gasteiger partial charge in [0, 0.05) is 25.0 Å². The van der Waals surface area contributed by atoms with Crippen LogP contribution in [0, 0.1) is 0 Å². The highest BCUT2D eigenvalue weighted by molar-refractivity contribution is 6.03. The SMILES string of the molecule is CCCN1Cc2cccc(NC(=O)c3cnc4cccnn34)c2C1. The number of benzene rings is 1. The zero-order valence-electron chi connectivity index (χ0n) is 13.6. The number of amides is 1. The number of carbonyl (C=O) groups excluding carboxylic acids is 1. The Morgan fingerprint density at radius 3 is 3.04 bits per heavy atom. The van der Waals surface area contributed by atoms with Gasteiger partial charge >= 0.3 is 0 Å². The van der Waals surface area contributed by atoms with Crippen molar-refractivity contribution in [1.29, 1.82) is 0 Å². The number of nitrogens with zero attached hydrogens (tertiary/aromatic N) is 4. The Labute approximate surface area is 140 Å². The molecule has 6 heteroatoms. The van der Waals surface area contributed by atoms with E-state index in [-0.39, 0.29) is 5.91 Å². The maximum Gasteiger partial charge on any atom is 0.276 e. The largest absolute Gasteiger partial charge is 0.320 e. The maximum absolute atomic E-state index is 12.7. The summed E-state index contributed by atoms with van der Waals surface area (Å²) >= 11 is 0. The van der Waals surface area contributed by atoms with E-state index < -0.39 is 0 Å². The lowest BCUT2D eigenvalue weighted by atomic mass is 10.1. The fourth-order valence-corrected chi connectivity index (χ4v) is 3.25. The number of anilines is 1. The van der Waals surface area contributed by atoms with E-state index in [2.05, 4.69) is 33.3 Å². The molecule has 2 aromatic heterocycles. The predicted octanol–water partition coefficient (Wildman–Crippen LogP) is 2.71. The molecule has 3 heterocycles. The van der Waals surface area contributed by atoms with Gasteiger partial charge in [0.25, 0.3) is 5.91 Å². The first-order valence-electron chi connectivity index (χ1n) is 8.19. The third kappa shape index (κ3) is 2.55. The minimum atomic E-state index is -0.191. The molecule has 0 saturated carbocycles. The van der Waals surface area contributed by atoms with Crippen molar-refractivity contribution < 1.29 is 4.79 Å². The van der Waals surface area contributed by atoms with Gasteiger partial charge in [-0.3, -0.25) is 9.69 Å². The number of rotatable bonds is 4. The first kappa shape index (κ1) is 14.8. The Bertz CT molecular complexity index is 901. The van der Waals surface area contributed by atoms with E-state index in [1.54, 1.807) is 23.0 Å². The molecule has 0 aliphatic carbocycles. The molecule has 4 rings (SSSR count). The summed E-state index contributed by atoms with van der Waals surface area (Å²) in [5.74, 6) is -0.191. The molecule has 0 saturated heterocycles. The van der Waals surface area contributed by atoms with Crippen LogP contribution in [0.15, 0.2) is 42.7 Å². The van der Waals surface area contributed by atoms with Crippen molar-refractivity contribution in [2.75, 3.05) is 11.9 Å². The smallest absolute Gasteiger partial charge is 0.276 e. The number of nitrogens with one attached hydrogen (secondary N) is 1. The van der Waals surface area contributed by atoms with Crippen molar-refractivity contribution in [3.63, 3.8) is 0 Å². The van der Waals surface area contributed by atoms with E-state index >= 15 is 0 Å².